The highest BCUT2D eigenvalue weighted by atomic mass is 16.1. The standard InChI is InChI=1S/C12H11NO/c1-10(9-13)12(14)8-7-11-5-3-2-4-6-11/h2-6,9H,13H2,1H3. The predicted octanol–water partition coefficient (Wildman–Crippen LogP) is 1.47. The smallest absolute Gasteiger partial charge is 0.233 e. The van der Waals surface area contributed by atoms with Crippen molar-refractivity contribution in [2.75, 3.05) is 0 Å². The van der Waals surface area contributed by atoms with E-state index < -0.39 is 0 Å². The van der Waals surface area contributed by atoms with Crippen LogP contribution in [0.1, 0.15) is 12.5 Å². The molecular formula is C12H11NO. The number of ketones is 1. The fraction of sp³-hybridized carbons (Fsp3) is 0.0833. The maximum atomic E-state index is 11.2. The molecule has 0 spiro atoms. The van der Waals surface area contributed by atoms with E-state index in [1.54, 1.807) is 6.92 Å². The van der Waals surface area contributed by atoms with E-state index in [2.05, 4.69) is 11.8 Å². The fourth-order valence-corrected chi connectivity index (χ4v) is 0.825. The van der Waals surface area contributed by atoms with E-state index in [1.807, 2.05) is 30.3 Å². The van der Waals surface area contributed by atoms with Crippen LogP contribution in [-0.2, 0) is 4.79 Å². The van der Waals surface area contributed by atoms with Crippen molar-refractivity contribution < 1.29 is 4.79 Å². The molecule has 0 radical (unpaired) electrons. The lowest BCUT2D eigenvalue weighted by Crippen LogP contribution is -1.97. The number of carbonyl (C=O) groups excluding carboxylic acids is 1. The van der Waals surface area contributed by atoms with Gasteiger partial charge in [0, 0.05) is 17.3 Å². The number of benzene rings is 1. The lowest BCUT2D eigenvalue weighted by atomic mass is 10.2. The summed E-state index contributed by atoms with van der Waals surface area (Å²) in [4.78, 5) is 11.2. The highest BCUT2D eigenvalue weighted by Gasteiger charge is 1.96. The lowest BCUT2D eigenvalue weighted by Gasteiger charge is -1.88. The zero-order valence-electron chi connectivity index (χ0n) is 7.95. The second kappa shape index (κ2) is 4.88. The van der Waals surface area contributed by atoms with Gasteiger partial charge in [0.15, 0.2) is 0 Å². The quantitative estimate of drug-likeness (QED) is 0.532. The van der Waals surface area contributed by atoms with Crippen LogP contribution in [0.2, 0.25) is 0 Å². The maximum Gasteiger partial charge on any atom is 0.233 e. The molecule has 0 unspecified atom stereocenters. The third-order valence-electron chi connectivity index (χ3n) is 1.70. The molecule has 0 aliphatic heterocycles. The number of allylic oxidation sites excluding steroid dienone is 1. The zero-order valence-corrected chi connectivity index (χ0v) is 7.95. The van der Waals surface area contributed by atoms with Gasteiger partial charge >= 0.3 is 0 Å². The molecule has 0 aliphatic carbocycles. The van der Waals surface area contributed by atoms with Gasteiger partial charge in [-0.3, -0.25) is 4.79 Å². The second-order valence-electron chi connectivity index (χ2n) is 2.79. The Morgan fingerprint density at radius 3 is 2.57 bits per heavy atom. The van der Waals surface area contributed by atoms with Gasteiger partial charge in [-0.2, -0.15) is 0 Å². The average Bonchev–Trinajstić information content (AvgIpc) is 2.26. The average molecular weight is 185 g/mol. The largest absolute Gasteiger partial charge is 0.404 e. The molecule has 2 N–H and O–H groups in total. The highest BCUT2D eigenvalue weighted by Crippen LogP contribution is 1.96. The first-order valence-electron chi connectivity index (χ1n) is 4.24. The van der Waals surface area contributed by atoms with Crippen molar-refractivity contribution in [3.05, 3.63) is 47.7 Å². The molecular weight excluding hydrogens is 174 g/mol. The molecule has 0 heterocycles. The Hall–Kier alpha value is -2.01. The van der Waals surface area contributed by atoms with E-state index in [1.165, 1.54) is 6.20 Å². The molecule has 1 rings (SSSR count). The molecule has 14 heavy (non-hydrogen) atoms. The van der Waals surface area contributed by atoms with Gasteiger partial charge in [-0.1, -0.05) is 24.1 Å². The zero-order chi connectivity index (χ0) is 10.4. The molecule has 0 amide bonds. The summed E-state index contributed by atoms with van der Waals surface area (Å²) < 4.78 is 0. The maximum absolute atomic E-state index is 11.2. The third-order valence-corrected chi connectivity index (χ3v) is 1.70. The van der Waals surface area contributed by atoms with Crippen LogP contribution in [0.4, 0.5) is 0 Å². The van der Waals surface area contributed by atoms with Crippen molar-refractivity contribution >= 4 is 5.78 Å². The van der Waals surface area contributed by atoms with Crippen molar-refractivity contribution in [2.45, 2.75) is 6.92 Å². The summed E-state index contributed by atoms with van der Waals surface area (Å²) in [5.74, 6) is 5.04. The predicted molar refractivity (Wildman–Crippen MR) is 56.3 cm³/mol. The summed E-state index contributed by atoms with van der Waals surface area (Å²) in [7, 11) is 0. The molecule has 0 aromatic heterocycles. The van der Waals surface area contributed by atoms with Crippen LogP contribution in [0.3, 0.4) is 0 Å². The Morgan fingerprint density at radius 2 is 2.00 bits per heavy atom. The first kappa shape index (κ1) is 10.1. The number of hydrogen-bond acceptors (Lipinski definition) is 2. The van der Waals surface area contributed by atoms with Crippen LogP contribution in [-0.4, -0.2) is 5.78 Å². The SMILES string of the molecule is CC(=CN)C(=O)C#Cc1ccccc1. The van der Waals surface area contributed by atoms with Crippen LogP contribution in [0, 0.1) is 11.8 Å². The van der Waals surface area contributed by atoms with Crippen molar-refractivity contribution in [2.24, 2.45) is 5.73 Å². The van der Waals surface area contributed by atoms with Gasteiger partial charge in [-0.15, -0.1) is 0 Å². The lowest BCUT2D eigenvalue weighted by molar-refractivity contribution is -0.110. The normalized spacial score (nSPS) is 10.2. The monoisotopic (exact) mass is 185 g/mol. The van der Waals surface area contributed by atoms with Crippen LogP contribution in [0.15, 0.2) is 42.1 Å². The summed E-state index contributed by atoms with van der Waals surface area (Å²) in [5.41, 5.74) is 6.48. The summed E-state index contributed by atoms with van der Waals surface area (Å²) in [6.07, 6.45) is 1.27. The Kier molecular flexibility index (Phi) is 3.51. The van der Waals surface area contributed by atoms with Gasteiger partial charge in [0.1, 0.15) is 0 Å². The van der Waals surface area contributed by atoms with Crippen LogP contribution >= 0.6 is 0 Å². The van der Waals surface area contributed by atoms with E-state index in [0.717, 1.165) is 5.56 Å². The molecule has 2 nitrogen and oxygen atoms in total. The van der Waals surface area contributed by atoms with E-state index >= 15 is 0 Å². The van der Waals surface area contributed by atoms with Gasteiger partial charge in [0.25, 0.3) is 0 Å². The van der Waals surface area contributed by atoms with E-state index in [0.29, 0.717) is 5.57 Å². The first-order chi connectivity index (χ1) is 6.74. The van der Waals surface area contributed by atoms with Crippen molar-refractivity contribution in [1.82, 2.24) is 0 Å². The molecule has 0 saturated carbocycles. The fourth-order valence-electron chi connectivity index (χ4n) is 0.825. The van der Waals surface area contributed by atoms with Gasteiger partial charge < -0.3 is 5.73 Å². The Labute approximate surface area is 83.4 Å². The van der Waals surface area contributed by atoms with Crippen LogP contribution in [0.25, 0.3) is 0 Å². The van der Waals surface area contributed by atoms with Gasteiger partial charge in [-0.25, -0.2) is 0 Å². The number of nitrogens with two attached hydrogens (primary N) is 1. The van der Waals surface area contributed by atoms with Gasteiger partial charge in [0.05, 0.1) is 0 Å². The minimum absolute atomic E-state index is 0.239. The molecule has 0 saturated heterocycles. The van der Waals surface area contributed by atoms with E-state index in [-0.39, 0.29) is 5.78 Å². The first-order valence-corrected chi connectivity index (χ1v) is 4.24. The molecule has 2 heteroatoms. The number of rotatable bonds is 1. The number of carbonyl (C=O) groups is 1. The summed E-state index contributed by atoms with van der Waals surface area (Å²) in [5, 5.41) is 0. The van der Waals surface area contributed by atoms with Crippen LogP contribution in [0.5, 0.6) is 0 Å². The summed E-state index contributed by atoms with van der Waals surface area (Å²) >= 11 is 0. The van der Waals surface area contributed by atoms with Gasteiger partial charge in [0.2, 0.25) is 5.78 Å². The summed E-state index contributed by atoms with van der Waals surface area (Å²) in [6.45, 7) is 1.64. The van der Waals surface area contributed by atoms with Crippen molar-refractivity contribution in [3.63, 3.8) is 0 Å². The molecule has 0 aliphatic rings. The number of hydrogen-bond donors (Lipinski definition) is 1. The Balaban J connectivity index is 2.80. The third kappa shape index (κ3) is 2.80. The topological polar surface area (TPSA) is 43.1 Å². The van der Waals surface area contributed by atoms with Crippen molar-refractivity contribution in [1.29, 1.82) is 0 Å². The van der Waals surface area contributed by atoms with Crippen LogP contribution < -0.4 is 5.73 Å². The van der Waals surface area contributed by atoms with Gasteiger partial charge in [-0.05, 0) is 25.0 Å². The summed E-state index contributed by atoms with van der Waals surface area (Å²) in [6, 6.07) is 9.35. The molecule has 0 atom stereocenters. The minimum atomic E-state index is -0.239. The van der Waals surface area contributed by atoms with E-state index in [9.17, 15) is 4.79 Å². The molecule has 70 valence electrons. The Morgan fingerprint density at radius 1 is 1.36 bits per heavy atom. The number of Topliss-reactive ketones (excluding diaryl/α,β-unsaturated/α-hetero) is 1. The molecule has 1 aromatic carbocycles. The minimum Gasteiger partial charge on any atom is -0.404 e. The second-order valence-corrected chi connectivity index (χ2v) is 2.79. The Bertz CT molecular complexity index is 407. The molecule has 0 fully saturated rings. The van der Waals surface area contributed by atoms with E-state index in [4.69, 9.17) is 5.73 Å². The van der Waals surface area contributed by atoms with Crippen molar-refractivity contribution in [3.8, 4) is 11.8 Å². The molecule has 1 aromatic rings. The highest BCUT2D eigenvalue weighted by molar-refractivity contribution is 6.08. The molecule has 0 bridgehead atoms.